The van der Waals surface area contributed by atoms with Gasteiger partial charge in [0.2, 0.25) is 0 Å². The minimum Gasteiger partial charge on any atom is -0.508 e. The van der Waals surface area contributed by atoms with Crippen LogP contribution in [0.1, 0.15) is 124 Å². The summed E-state index contributed by atoms with van der Waals surface area (Å²) in [5.74, 6) is 4.74. The van der Waals surface area contributed by atoms with Crippen molar-refractivity contribution >= 4 is 23.4 Å². The highest BCUT2D eigenvalue weighted by atomic mass is 16.6. The van der Waals surface area contributed by atoms with E-state index in [-0.39, 0.29) is 60.9 Å². The Morgan fingerprint density at radius 1 is 0.944 bits per heavy atom. The summed E-state index contributed by atoms with van der Waals surface area (Å²) in [6.07, 6.45) is 8.93. The summed E-state index contributed by atoms with van der Waals surface area (Å²) >= 11 is 0. The van der Waals surface area contributed by atoms with Crippen LogP contribution < -0.4 is 10.1 Å². The molecule has 5 N–H and O–H groups in total. The average Bonchev–Trinajstić information content (AvgIpc) is 3.17. The molecule has 7 atom stereocenters. The smallest absolute Gasteiger partial charge is 0.334 e. The van der Waals surface area contributed by atoms with Crippen LogP contribution in [0.5, 0.6) is 11.5 Å². The lowest BCUT2D eigenvalue weighted by Crippen LogP contribution is -2.57. The van der Waals surface area contributed by atoms with Gasteiger partial charge in [-0.15, -0.1) is 0 Å². The van der Waals surface area contributed by atoms with E-state index in [1.807, 2.05) is 18.2 Å². The number of carbonyl (C=O) groups is 3. The highest BCUT2D eigenvalue weighted by molar-refractivity contribution is 5.89. The number of nitrogens with one attached hydrogen (secondary N) is 1. The van der Waals surface area contributed by atoms with E-state index in [1.54, 1.807) is 19.1 Å². The molecular formula is C44H53NO9. The van der Waals surface area contributed by atoms with Gasteiger partial charge in [0.1, 0.15) is 29.0 Å². The predicted octanol–water partition coefficient (Wildman–Crippen LogP) is 6.12. The van der Waals surface area contributed by atoms with Gasteiger partial charge in [0.15, 0.2) is 0 Å². The fourth-order valence-corrected chi connectivity index (χ4v) is 9.75. The van der Waals surface area contributed by atoms with Gasteiger partial charge in [-0.25, -0.2) is 4.79 Å². The van der Waals surface area contributed by atoms with Crippen LogP contribution in [0.25, 0.3) is 0 Å². The first kappa shape index (κ1) is 38.1. The van der Waals surface area contributed by atoms with Crippen LogP contribution in [0, 0.1) is 29.6 Å². The second-order valence-electron chi connectivity index (χ2n) is 16.2. The lowest BCUT2D eigenvalue weighted by Gasteiger charge is -2.50. The number of cyclic esters (lactones) is 1. The third-order valence-electron chi connectivity index (χ3n) is 12.8. The van der Waals surface area contributed by atoms with E-state index < -0.39 is 41.6 Å². The van der Waals surface area contributed by atoms with Gasteiger partial charge in [0.25, 0.3) is 0 Å². The molecule has 2 aromatic rings. The van der Waals surface area contributed by atoms with E-state index in [9.17, 15) is 34.8 Å². The lowest BCUT2D eigenvalue weighted by molar-refractivity contribution is -0.187. The van der Waals surface area contributed by atoms with Gasteiger partial charge in [-0.05, 0) is 98.1 Å². The van der Waals surface area contributed by atoms with Crippen LogP contribution in [0.2, 0.25) is 0 Å². The number of carbonyl (C=O) groups excluding carboxylic acids is 3. The summed E-state index contributed by atoms with van der Waals surface area (Å²) in [5.41, 5.74) is 2.09. The number of hydrogen-bond donors (Lipinski definition) is 5. The zero-order valence-corrected chi connectivity index (χ0v) is 31.1. The first-order valence-electron chi connectivity index (χ1n) is 19.9. The van der Waals surface area contributed by atoms with Gasteiger partial charge < -0.3 is 35.2 Å². The van der Waals surface area contributed by atoms with Crippen molar-refractivity contribution in [3.05, 3.63) is 64.2 Å². The molecule has 2 heterocycles. The molecule has 10 heteroatoms. The maximum Gasteiger partial charge on any atom is 0.334 e. The second-order valence-corrected chi connectivity index (χ2v) is 16.2. The molecular weight excluding hydrogens is 686 g/mol. The molecule has 5 aliphatic rings. The van der Waals surface area contributed by atoms with Gasteiger partial charge in [-0.3, -0.25) is 9.59 Å². The van der Waals surface area contributed by atoms with Crippen molar-refractivity contribution in [1.82, 2.24) is 0 Å². The van der Waals surface area contributed by atoms with Crippen molar-refractivity contribution in [2.24, 2.45) is 17.8 Å². The minimum atomic E-state index is -1.43. The maximum absolute atomic E-state index is 14.3. The van der Waals surface area contributed by atoms with E-state index in [4.69, 9.17) is 9.47 Å². The van der Waals surface area contributed by atoms with Crippen molar-refractivity contribution in [2.75, 3.05) is 11.9 Å². The molecule has 3 saturated carbocycles. The van der Waals surface area contributed by atoms with Gasteiger partial charge in [0.05, 0.1) is 25.0 Å². The number of phenols is 1. The van der Waals surface area contributed by atoms with Crippen LogP contribution >= 0.6 is 0 Å². The quantitative estimate of drug-likeness (QED) is 0.0968. The number of phenolic OH excluding ortho intramolecular Hbond substituents is 1. The zero-order valence-electron chi connectivity index (χ0n) is 31.1. The Hall–Kier alpha value is -4.17. The Labute approximate surface area is 317 Å². The van der Waals surface area contributed by atoms with Crippen LogP contribution in [-0.4, -0.2) is 62.5 Å². The highest BCUT2D eigenvalue weighted by Gasteiger charge is 2.53. The predicted molar refractivity (Wildman–Crippen MR) is 202 cm³/mol. The Kier molecular flexibility index (Phi) is 11.5. The number of Topliss-reactive ketones (excluding diaryl/α,β-unsaturated/α-hetero) is 1. The molecule has 2 bridgehead atoms. The van der Waals surface area contributed by atoms with Crippen LogP contribution in [0.15, 0.2) is 42.0 Å². The number of ether oxygens (including phenoxy) is 2. The molecule has 10 nitrogen and oxygen atoms in total. The monoisotopic (exact) mass is 739 g/mol. The van der Waals surface area contributed by atoms with Crippen molar-refractivity contribution in [3.63, 3.8) is 0 Å². The molecule has 2 aromatic carbocycles. The average molecular weight is 740 g/mol. The number of hydrogen-bond acceptors (Lipinski definition) is 10. The van der Waals surface area contributed by atoms with E-state index in [0.717, 1.165) is 37.7 Å². The summed E-state index contributed by atoms with van der Waals surface area (Å²) in [6, 6.07) is 8.79. The topological polar surface area (TPSA) is 163 Å². The fourth-order valence-electron chi connectivity index (χ4n) is 9.75. The van der Waals surface area contributed by atoms with Crippen molar-refractivity contribution in [3.8, 4) is 23.3 Å². The summed E-state index contributed by atoms with van der Waals surface area (Å²) in [4.78, 5) is 39.6. The van der Waals surface area contributed by atoms with Crippen molar-refractivity contribution < 1.29 is 44.3 Å². The molecule has 0 spiro atoms. The summed E-state index contributed by atoms with van der Waals surface area (Å²) in [5, 5.41) is 48.5. The number of allylic oxidation sites excluding steroid dienone is 1. The number of benzene rings is 2. The Balaban J connectivity index is 1.27. The zero-order chi connectivity index (χ0) is 38.0. The van der Waals surface area contributed by atoms with Crippen LogP contribution in [0.4, 0.5) is 5.69 Å². The molecule has 0 radical (unpaired) electrons. The molecule has 3 fully saturated rings. The Morgan fingerprint density at radius 2 is 1.74 bits per heavy atom. The number of aromatic hydroxyl groups is 1. The van der Waals surface area contributed by atoms with E-state index >= 15 is 0 Å². The second kappa shape index (κ2) is 16.3. The number of esters is 2. The maximum atomic E-state index is 14.3. The summed E-state index contributed by atoms with van der Waals surface area (Å²) < 4.78 is 11.9. The lowest BCUT2D eigenvalue weighted by atomic mass is 9.60. The van der Waals surface area contributed by atoms with Crippen LogP contribution in [-0.2, 0) is 32.1 Å². The molecule has 0 saturated heterocycles. The standard InChI is InChI=1S/C44H53NO9/c1-2-27-17-29(32-15-26(25-46)16-34(18-32)45-24-39(49)28-7-4-3-5-8-28)10-11-30-22-42(50)53-40-23-38(48)33(20-36(30)40)21-41(54-43(27)51)44(52)14-6-9-31-19-35(47)12-13-37(31)44/h2,15-16,18,20,23,28-31,37,39,41,45-46,48-49,52H,3-9,12-14,17,19,21-22,24-25H2,1H3. The first-order valence-corrected chi connectivity index (χ1v) is 19.9. The molecule has 0 amide bonds. The Morgan fingerprint density at radius 3 is 2.52 bits per heavy atom. The molecule has 288 valence electrons. The number of anilines is 1. The highest BCUT2D eigenvalue weighted by Crippen LogP contribution is 2.49. The number of aliphatic hydroxyl groups excluding tert-OH is 2. The summed E-state index contributed by atoms with van der Waals surface area (Å²) in [7, 11) is 0. The third kappa shape index (κ3) is 8.10. The van der Waals surface area contributed by atoms with Gasteiger partial charge >= 0.3 is 11.9 Å². The van der Waals surface area contributed by atoms with Crippen molar-refractivity contribution in [2.45, 2.75) is 133 Å². The number of ketones is 1. The van der Waals surface area contributed by atoms with Crippen LogP contribution in [0.3, 0.4) is 0 Å². The fraction of sp³-hybridized carbons (Fsp3) is 0.568. The summed E-state index contributed by atoms with van der Waals surface area (Å²) in [6.45, 7) is 1.89. The van der Waals surface area contributed by atoms with E-state index in [2.05, 4.69) is 17.2 Å². The molecule has 0 aromatic heterocycles. The first-order chi connectivity index (χ1) is 26.0. The van der Waals surface area contributed by atoms with Gasteiger partial charge in [-0.1, -0.05) is 49.7 Å². The number of rotatable bonds is 7. The molecule has 3 aliphatic carbocycles. The minimum absolute atomic E-state index is 0.00344. The molecule has 7 unspecified atom stereocenters. The van der Waals surface area contributed by atoms with E-state index in [0.29, 0.717) is 66.6 Å². The molecule has 7 rings (SSSR count). The third-order valence-corrected chi connectivity index (χ3v) is 12.8. The van der Waals surface area contributed by atoms with E-state index in [1.165, 1.54) is 12.5 Å². The van der Waals surface area contributed by atoms with Gasteiger partial charge in [0, 0.05) is 54.6 Å². The van der Waals surface area contributed by atoms with Gasteiger partial charge in [-0.2, -0.15) is 0 Å². The van der Waals surface area contributed by atoms with Crippen molar-refractivity contribution in [1.29, 1.82) is 0 Å². The normalized spacial score (nSPS) is 30.3. The Bertz CT molecular complexity index is 1850. The largest absolute Gasteiger partial charge is 0.508 e. The molecule has 54 heavy (non-hydrogen) atoms. The molecule has 2 aliphatic heterocycles. The number of aliphatic hydroxyl groups is 3. The number of fused-ring (bicyclic) bond motifs is 2. The SMILES string of the molecule is CC=C1CC(c2cc(CO)cc(NCC(O)C3CCCCC3)c2)C#CC2CC(=O)Oc3cc(O)c(cc32)CC(C2(O)CCCC3CC(=O)CCC32)OC1=O.